The number of rotatable bonds is 4. The maximum absolute atomic E-state index is 11.7. The van der Waals surface area contributed by atoms with E-state index >= 15 is 0 Å². The summed E-state index contributed by atoms with van der Waals surface area (Å²) in [7, 11) is 0. The van der Waals surface area contributed by atoms with E-state index in [1.807, 2.05) is 24.3 Å². The second-order valence-corrected chi connectivity index (χ2v) is 5.32. The third-order valence-corrected chi connectivity index (χ3v) is 3.53. The summed E-state index contributed by atoms with van der Waals surface area (Å²) in [4.78, 5) is 11.7. The predicted molar refractivity (Wildman–Crippen MR) is 78.9 cm³/mol. The highest BCUT2D eigenvalue weighted by Crippen LogP contribution is 2.11. The lowest BCUT2D eigenvalue weighted by Gasteiger charge is -2.10. The highest BCUT2D eigenvalue weighted by molar-refractivity contribution is 9.10. The van der Waals surface area contributed by atoms with Crippen molar-refractivity contribution in [3.63, 3.8) is 0 Å². The molecule has 1 aromatic rings. The van der Waals surface area contributed by atoms with Gasteiger partial charge in [-0.2, -0.15) is 0 Å². The Morgan fingerprint density at radius 2 is 2.11 bits per heavy atom. The van der Waals surface area contributed by atoms with Gasteiger partial charge in [-0.15, -0.1) is 12.4 Å². The predicted octanol–water partition coefficient (Wildman–Crippen LogP) is 2.63. The number of hydrogen-bond donors (Lipinski definition) is 2. The number of hydrogen-bond acceptors (Lipinski definition) is 2. The smallest absolute Gasteiger partial charge is 0.221 e. The van der Waals surface area contributed by atoms with Gasteiger partial charge >= 0.3 is 0 Å². The Kier molecular flexibility index (Phi) is 6.68. The molecule has 3 nitrogen and oxygen atoms in total. The van der Waals surface area contributed by atoms with Crippen LogP contribution in [-0.2, 0) is 11.3 Å². The van der Waals surface area contributed by atoms with Gasteiger partial charge in [0.25, 0.3) is 0 Å². The van der Waals surface area contributed by atoms with Crippen molar-refractivity contribution >= 4 is 34.2 Å². The molecule has 0 bridgehead atoms. The van der Waals surface area contributed by atoms with Crippen LogP contribution in [0.1, 0.15) is 24.8 Å². The minimum atomic E-state index is 0. The maximum Gasteiger partial charge on any atom is 0.221 e. The van der Waals surface area contributed by atoms with Gasteiger partial charge in [-0.1, -0.05) is 28.1 Å². The molecule has 1 aliphatic heterocycles. The lowest BCUT2D eigenvalue weighted by Crippen LogP contribution is -2.31. The van der Waals surface area contributed by atoms with E-state index in [1.54, 1.807) is 0 Å². The molecule has 5 heteroatoms. The fourth-order valence-corrected chi connectivity index (χ4v) is 2.29. The third kappa shape index (κ3) is 4.96. The van der Waals surface area contributed by atoms with E-state index in [0.29, 0.717) is 19.0 Å². The normalized spacial score (nSPS) is 18.2. The molecule has 0 radical (unpaired) electrons. The van der Waals surface area contributed by atoms with E-state index in [1.165, 1.54) is 6.42 Å². The molecule has 1 atom stereocenters. The van der Waals surface area contributed by atoms with Gasteiger partial charge in [0.15, 0.2) is 0 Å². The molecule has 1 aliphatic rings. The summed E-state index contributed by atoms with van der Waals surface area (Å²) in [5, 5.41) is 6.28. The number of halogens is 2. The first-order chi connectivity index (χ1) is 8.24. The Bertz CT molecular complexity index is 377. The Balaban J connectivity index is 0.00000162. The van der Waals surface area contributed by atoms with Crippen molar-refractivity contribution in [2.75, 3.05) is 6.54 Å². The van der Waals surface area contributed by atoms with E-state index in [0.717, 1.165) is 23.0 Å². The van der Waals surface area contributed by atoms with Crippen LogP contribution in [0.5, 0.6) is 0 Å². The number of amides is 1. The van der Waals surface area contributed by atoms with E-state index in [-0.39, 0.29) is 18.3 Å². The lowest BCUT2D eigenvalue weighted by atomic mass is 10.1. The summed E-state index contributed by atoms with van der Waals surface area (Å²) in [6.45, 7) is 1.66. The van der Waals surface area contributed by atoms with Crippen LogP contribution >= 0.6 is 28.3 Å². The number of carbonyl (C=O) groups excluding carboxylic acids is 1. The van der Waals surface area contributed by atoms with Gasteiger partial charge in [0, 0.05) is 23.5 Å². The average Bonchev–Trinajstić information content (AvgIpc) is 2.81. The van der Waals surface area contributed by atoms with Crippen LogP contribution in [0.2, 0.25) is 0 Å². The summed E-state index contributed by atoms with van der Waals surface area (Å²) in [5.41, 5.74) is 1.13. The Labute approximate surface area is 122 Å². The van der Waals surface area contributed by atoms with E-state index in [4.69, 9.17) is 0 Å². The molecule has 2 N–H and O–H groups in total. The molecule has 1 unspecified atom stereocenters. The first kappa shape index (κ1) is 15.5. The Hall–Kier alpha value is -0.580. The topological polar surface area (TPSA) is 41.1 Å². The van der Waals surface area contributed by atoms with Crippen molar-refractivity contribution in [3.8, 4) is 0 Å². The molecule has 18 heavy (non-hydrogen) atoms. The molecule has 0 aliphatic carbocycles. The summed E-state index contributed by atoms with van der Waals surface area (Å²) in [6, 6.07) is 8.37. The minimum absolute atomic E-state index is 0. The van der Waals surface area contributed by atoms with Gasteiger partial charge in [0.1, 0.15) is 0 Å². The van der Waals surface area contributed by atoms with Gasteiger partial charge < -0.3 is 10.6 Å². The SMILES string of the molecule is Cl.O=C(CC1CCCN1)NCc1ccc(Br)cc1. The van der Waals surface area contributed by atoms with Gasteiger partial charge in [-0.05, 0) is 37.1 Å². The molecule has 1 fully saturated rings. The molecule has 1 saturated heterocycles. The largest absolute Gasteiger partial charge is 0.352 e. The summed E-state index contributed by atoms with van der Waals surface area (Å²) < 4.78 is 1.06. The molecule has 1 amide bonds. The van der Waals surface area contributed by atoms with Crippen molar-refractivity contribution in [1.29, 1.82) is 0 Å². The molecule has 1 aromatic carbocycles. The highest BCUT2D eigenvalue weighted by Gasteiger charge is 2.17. The fourth-order valence-electron chi connectivity index (χ4n) is 2.03. The lowest BCUT2D eigenvalue weighted by molar-refractivity contribution is -0.121. The van der Waals surface area contributed by atoms with Crippen molar-refractivity contribution in [1.82, 2.24) is 10.6 Å². The number of benzene rings is 1. The molecule has 0 aromatic heterocycles. The van der Waals surface area contributed by atoms with Crippen LogP contribution in [0.15, 0.2) is 28.7 Å². The first-order valence-corrected chi connectivity index (χ1v) is 6.78. The van der Waals surface area contributed by atoms with Crippen molar-refractivity contribution in [3.05, 3.63) is 34.3 Å². The fraction of sp³-hybridized carbons (Fsp3) is 0.462. The molecular formula is C13H18BrClN2O. The standard InChI is InChI=1S/C13H17BrN2O.ClH/c14-11-5-3-10(4-6-11)9-16-13(17)8-12-2-1-7-15-12;/h3-6,12,15H,1-2,7-9H2,(H,16,17);1H. The van der Waals surface area contributed by atoms with Crippen molar-refractivity contribution < 1.29 is 4.79 Å². The molecule has 1 heterocycles. The molecule has 0 spiro atoms. The first-order valence-electron chi connectivity index (χ1n) is 5.98. The minimum Gasteiger partial charge on any atom is -0.352 e. The molecule has 0 saturated carbocycles. The maximum atomic E-state index is 11.7. The molecule has 2 rings (SSSR count). The zero-order valence-electron chi connectivity index (χ0n) is 10.1. The highest BCUT2D eigenvalue weighted by atomic mass is 79.9. The van der Waals surface area contributed by atoms with Crippen LogP contribution < -0.4 is 10.6 Å². The molecular weight excluding hydrogens is 316 g/mol. The van der Waals surface area contributed by atoms with Gasteiger partial charge in [-0.25, -0.2) is 0 Å². The van der Waals surface area contributed by atoms with E-state index in [9.17, 15) is 4.79 Å². The quantitative estimate of drug-likeness (QED) is 0.889. The summed E-state index contributed by atoms with van der Waals surface area (Å²) in [5.74, 6) is 0.132. The van der Waals surface area contributed by atoms with E-state index < -0.39 is 0 Å². The van der Waals surface area contributed by atoms with E-state index in [2.05, 4.69) is 26.6 Å². The summed E-state index contributed by atoms with van der Waals surface area (Å²) in [6.07, 6.45) is 2.90. The van der Waals surface area contributed by atoms with Crippen LogP contribution in [-0.4, -0.2) is 18.5 Å². The second kappa shape index (κ2) is 7.77. The molecule has 100 valence electrons. The summed E-state index contributed by atoms with van der Waals surface area (Å²) >= 11 is 3.39. The zero-order valence-corrected chi connectivity index (χ0v) is 12.5. The third-order valence-electron chi connectivity index (χ3n) is 3.00. The van der Waals surface area contributed by atoms with Crippen molar-refractivity contribution in [2.24, 2.45) is 0 Å². The van der Waals surface area contributed by atoms with Crippen LogP contribution in [0.4, 0.5) is 0 Å². The van der Waals surface area contributed by atoms with Crippen molar-refractivity contribution in [2.45, 2.75) is 31.8 Å². The second-order valence-electron chi connectivity index (χ2n) is 4.40. The van der Waals surface area contributed by atoms with Crippen LogP contribution in [0.25, 0.3) is 0 Å². The van der Waals surface area contributed by atoms with Crippen LogP contribution in [0, 0.1) is 0 Å². The van der Waals surface area contributed by atoms with Gasteiger partial charge in [-0.3, -0.25) is 4.79 Å². The number of carbonyl (C=O) groups is 1. The number of nitrogens with one attached hydrogen (secondary N) is 2. The Morgan fingerprint density at radius 3 is 2.72 bits per heavy atom. The Morgan fingerprint density at radius 1 is 1.39 bits per heavy atom. The van der Waals surface area contributed by atoms with Gasteiger partial charge in [0.05, 0.1) is 0 Å². The van der Waals surface area contributed by atoms with Gasteiger partial charge in [0.2, 0.25) is 5.91 Å². The average molecular weight is 334 g/mol. The zero-order chi connectivity index (χ0) is 12.1. The monoisotopic (exact) mass is 332 g/mol. The van der Waals surface area contributed by atoms with Crippen LogP contribution in [0.3, 0.4) is 0 Å².